The second-order valence-corrected chi connectivity index (χ2v) is 8.69. The number of allylic oxidation sites excluding steroid dienone is 3. The Morgan fingerprint density at radius 3 is 2.59 bits per heavy atom. The van der Waals surface area contributed by atoms with Crippen molar-refractivity contribution in [2.75, 3.05) is 0 Å². The Balaban J connectivity index is 2.04. The van der Waals surface area contributed by atoms with Gasteiger partial charge in [0.2, 0.25) is 0 Å². The summed E-state index contributed by atoms with van der Waals surface area (Å²) in [5, 5.41) is 10.5. The van der Waals surface area contributed by atoms with E-state index in [-0.39, 0.29) is 22.9 Å². The monoisotopic (exact) mass is 302 g/mol. The van der Waals surface area contributed by atoms with E-state index >= 15 is 0 Å². The zero-order valence-electron chi connectivity index (χ0n) is 14.4. The Morgan fingerprint density at radius 2 is 1.95 bits per heavy atom. The van der Waals surface area contributed by atoms with E-state index in [2.05, 4.69) is 34.3 Å². The summed E-state index contributed by atoms with van der Waals surface area (Å²) in [5.74, 6) is 1.72. The maximum absolute atomic E-state index is 12.9. The van der Waals surface area contributed by atoms with Crippen LogP contribution < -0.4 is 0 Å². The first kappa shape index (κ1) is 16.0. The van der Waals surface area contributed by atoms with E-state index in [1.165, 1.54) is 0 Å². The van der Waals surface area contributed by atoms with Gasteiger partial charge in [-0.15, -0.1) is 0 Å². The van der Waals surface area contributed by atoms with Crippen molar-refractivity contribution < 1.29 is 9.90 Å². The summed E-state index contributed by atoms with van der Waals surface area (Å²) in [6, 6.07) is 0. The molecule has 3 aliphatic carbocycles. The van der Waals surface area contributed by atoms with Crippen LogP contribution in [-0.4, -0.2) is 17.0 Å². The molecule has 2 heteroatoms. The van der Waals surface area contributed by atoms with E-state index < -0.39 is 0 Å². The summed E-state index contributed by atoms with van der Waals surface area (Å²) in [4.78, 5) is 12.9. The van der Waals surface area contributed by atoms with Crippen LogP contribution in [0.1, 0.15) is 53.4 Å². The first-order chi connectivity index (χ1) is 10.2. The van der Waals surface area contributed by atoms with E-state index in [1.54, 1.807) is 0 Å². The Bertz CT molecular complexity index is 530. The zero-order chi connectivity index (χ0) is 16.3. The Hall–Kier alpha value is -0.890. The molecule has 1 N–H and O–H groups in total. The molecule has 0 bridgehead atoms. The smallest absolute Gasteiger partial charge is 0.159 e. The molecule has 6 atom stereocenters. The van der Waals surface area contributed by atoms with Crippen molar-refractivity contribution >= 4 is 5.78 Å². The first-order valence-electron chi connectivity index (χ1n) is 8.79. The molecular formula is C20H30O2. The number of carbonyl (C=O) groups is 1. The molecule has 2 saturated carbocycles. The van der Waals surface area contributed by atoms with Crippen molar-refractivity contribution in [2.24, 2.45) is 34.5 Å². The zero-order valence-corrected chi connectivity index (χ0v) is 14.4. The highest BCUT2D eigenvalue weighted by molar-refractivity contribution is 5.95. The van der Waals surface area contributed by atoms with Gasteiger partial charge >= 0.3 is 0 Å². The molecule has 0 aromatic carbocycles. The van der Waals surface area contributed by atoms with Gasteiger partial charge in [-0.05, 0) is 65.9 Å². The molecule has 122 valence electrons. The fourth-order valence-electron chi connectivity index (χ4n) is 6.12. The molecule has 3 aliphatic rings. The van der Waals surface area contributed by atoms with Crippen LogP contribution in [0.5, 0.6) is 0 Å². The van der Waals surface area contributed by atoms with Crippen LogP contribution in [0.3, 0.4) is 0 Å². The van der Waals surface area contributed by atoms with Gasteiger partial charge in [0, 0.05) is 5.92 Å². The number of hydrogen-bond acceptors (Lipinski definition) is 2. The fourth-order valence-corrected chi connectivity index (χ4v) is 6.12. The van der Waals surface area contributed by atoms with Crippen LogP contribution in [0.25, 0.3) is 0 Å². The normalized spacial score (nSPS) is 47.2. The van der Waals surface area contributed by atoms with Gasteiger partial charge < -0.3 is 5.11 Å². The standard InChI is InChI=1S/C20H30O2/c1-6-13-11-15(21)18-14(12(13)2)7-8-16-19(3,4)17(22)9-10-20(16,18)5/h6,11-12,14,16-18,22H,1,7-10H2,2-5H3/t12-,14?,16-,17-,18+,20-/m1/s1. The SMILES string of the molecule is C=CC1=CC(=O)[C@@H]2C(CC[C@@H]3C(C)(C)[C@H](O)CC[C@@]23C)[C@@H]1C. The highest BCUT2D eigenvalue weighted by atomic mass is 16.3. The number of fused-ring (bicyclic) bond motifs is 3. The lowest BCUT2D eigenvalue weighted by Gasteiger charge is -2.61. The minimum absolute atomic E-state index is 0.0280. The third kappa shape index (κ3) is 1.99. The number of hydrogen-bond donors (Lipinski definition) is 1. The maximum atomic E-state index is 12.9. The van der Waals surface area contributed by atoms with E-state index in [4.69, 9.17) is 0 Å². The van der Waals surface area contributed by atoms with Crippen LogP contribution in [0, 0.1) is 34.5 Å². The minimum Gasteiger partial charge on any atom is -0.393 e. The molecule has 0 radical (unpaired) electrons. The Kier molecular flexibility index (Phi) is 3.67. The first-order valence-corrected chi connectivity index (χ1v) is 8.79. The van der Waals surface area contributed by atoms with Crippen LogP contribution >= 0.6 is 0 Å². The predicted octanol–water partition coefficient (Wildman–Crippen LogP) is 4.15. The molecule has 0 amide bonds. The summed E-state index contributed by atoms with van der Waals surface area (Å²) >= 11 is 0. The summed E-state index contributed by atoms with van der Waals surface area (Å²) in [5.41, 5.74) is 1.05. The molecule has 0 aromatic rings. The van der Waals surface area contributed by atoms with E-state index in [0.717, 1.165) is 31.3 Å². The average Bonchev–Trinajstić information content (AvgIpc) is 2.46. The van der Waals surface area contributed by atoms with Gasteiger partial charge in [0.05, 0.1) is 6.10 Å². The van der Waals surface area contributed by atoms with Crippen LogP contribution in [0.2, 0.25) is 0 Å². The summed E-state index contributed by atoms with van der Waals surface area (Å²) in [6.07, 6.45) is 7.49. The quantitative estimate of drug-likeness (QED) is 0.790. The van der Waals surface area contributed by atoms with Gasteiger partial charge in [-0.3, -0.25) is 4.79 Å². The highest BCUT2D eigenvalue weighted by Crippen LogP contribution is 2.63. The van der Waals surface area contributed by atoms with Crippen LogP contribution in [0.15, 0.2) is 24.3 Å². The molecular weight excluding hydrogens is 272 g/mol. The molecule has 0 saturated heterocycles. The van der Waals surface area contributed by atoms with E-state index in [0.29, 0.717) is 23.5 Å². The molecule has 0 spiro atoms. The van der Waals surface area contributed by atoms with Crippen LogP contribution in [-0.2, 0) is 4.79 Å². The molecule has 3 rings (SSSR count). The average molecular weight is 302 g/mol. The second kappa shape index (κ2) is 5.06. The van der Waals surface area contributed by atoms with E-state index in [1.807, 2.05) is 12.2 Å². The molecule has 0 aliphatic heterocycles. The minimum atomic E-state index is -0.238. The van der Waals surface area contributed by atoms with Crippen molar-refractivity contribution in [3.05, 3.63) is 24.3 Å². The number of aliphatic hydroxyl groups is 1. The Morgan fingerprint density at radius 1 is 1.27 bits per heavy atom. The molecule has 2 nitrogen and oxygen atoms in total. The number of ketones is 1. The molecule has 1 unspecified atom stereocenters. The lowest BCUT2D eigenvalue weighted by Crippen LogP contribution is -2.59. The van der Waals surface area contributed by atoms with Gasteiger partial charge in [0.15, 0.2) is 5.78 Å². The largest absolute Gasteiger partial charge is 0.393 e. The van der Waals surface area contributed by atoms with Crippen molar-refractivity contribution in [3.63, 3.8) is 0 Å². The van der Waals surface area contributed by atoms with Crippen molar-refractivity contribution in [2.45, 2.75) is 59.5 Å². The molecule has 0 heterocycles. The number of rotatable bonds is 1. The molecule has 2 fully saturated rings. The highest BCUT2D eigenvalue weighted by Gasteiger charge is 2.60. The van der Waals surface area contributed by atoms with E-state index in [9.17, 15) is 9.90 Å². The third-order valence-electron chi connectivity index (χ3n) is 7.46. The summed E-state index contributed by atoms with van der Waals surface area (Å²) in [7, 11) is 0. The van der Waals surface area contributed by atoms with Crippen LogP contribution in [0.4, 0.5) is 0 Å². The number of carbonyl (C=O) groups excluding carboxylic acids is 1. The Labute approximate surface area is 134 Å². The third-order valence-corrected chi connectivity index (χ3v) is 7.46. The summed E-state index contributed by atoms with van der Waals surface area (Å²) < 4.78 is 0. The topological polar surface area (TPSA) is 37.3 Å². The van der Waals surface area contributed by atoms with Gasteiger partial charge in [-0.1, -0.05) is 40.3 Å². The van der Waals surface area contributed by atoms with Crippen molar-refractivity contribution in [1.82, 2.24) is 0 Å². The van der Waals surface area contributed by atoms with Gasteiger partial charge in [0.25, 0.3) is 0 Å². The van der Waals surface area contributed by atoms with Gasteiger partial charge in [-0.25, -0.2) is 0 Å². The second-order valence-electron chi connectivity index (χ2n) is 8.69. The lowest BCUT2D eigenvalue weighted by atomic mass is 9.43. The number of aliphatic hydroxyl groups excluding tert-OH is 1. The van der Waals surface area contributed by atoms with Crippen molar-refractivity contribution in [1.29, 1.82) is 0 Å². The fraction of sp³-hybridized carbons (Fsp3) is 0.750. The molecule has 0 aromatic heterocycles. The van der Waals surface area contributed by atoms with Crippen molar-refractivity contribution in [3.8, 4) is 0 Å². The summed E-state index contributed by atoms with van der Waals surface area (Å²) in [6.45, 7) is 12.9. The lowest BCUT2D eigenvalue weighted by molar-refractivity contribution is -0.165. The molecule has 22 heavy (non-hydrogen) atoms. The van der Waals surface area contributed by atoms with Gasteiger partial charge in [0.1, 0.15) is 0 Å². The maximum Gasteiger partial charge on any atom is 0.159 e. The predicted molar refractivity (Wildman–Crippen MR) is 89.3 cm³/mol. The van der Waals surface area contributed by atoms with Gasteiger partial charge in [-0.2, -0.15) is 0 Å².